The van der Waals surface area contributed by atoms with E-state index >= 15 is 0 Å². The van der Waals surface area contributed by atoms with E-state index in [1.807, 2.05) is 11.9 Å². The molecule has 0 atom stereocenters. The summed E-state index contributed by atoms with van der Waals surface area (Å²) in [6.07, 6.45) is 2.63. The van der Waals surface area contributed by atoms with E-state index in [9.17, 15) is 0 Å². The third-order valence-corrected chi connectivity index (χ3v) is 1.83. The molecule has 0 unspecified atom stereocenters. The van der Waals surface area contributed by atoms with Gasteiger partial charge in [-0.2, -0.15) is 0 Å². The van der Waals surface area contributed by atoms with Crippen LogP contribution in [0.2, 0.25) is 0 Å². The first kappa shape index (κ1) is 8.31. The Morgan fingerprint density at radius 3 is 2.62 bits per heavy atom. The zero-order valence-electron chi connectivity index (χ0n) is 5.74. The van der Waals surface area contributed by atoms with E-state index in [1.54, 1.807) is 0 Å². The van der Waals surface area contributed by atoms with E-state index in [1.165, 1.54) is 18.6 Å². The largest absolute Gasteiger partial charge is 0.264 e. The highest BCUT2D eigenvalue weighted by molar-refractivity contribution is 7.97. The summed E-state index contributed by atoms with van der Waals surface area (Å²) >= 11 is 1.83. The fraction of sp³-hybridized carbons (Fsp3) is 1.00. The van der Waals surface area contributed by atoms with Gasteiger partial charge in [0.2, 0.25) is 0 Å². The van der Waals surface area contributed by atoms with Crippen LogP contribution in [0.5, 0.6) is 0 Å². The van der Waals surface area contributed by atoms with Gasteiger partial charge in [0.25, 0.3) is 0 Å². The Bertz CT molecular complexity index is 33.5. The van der Waals surface area contributed by atoms with Gasteiger partial charge in [0, 0.05) is 12.3 Å². The Morgan fingerprint density at radius 2 is 2.12 bits per heavy atom. The maximum Gasteiger partial charge on any atom is 0.00785 e. The minimum atomic E-state index is 1.08. The smallest absolute Gasteiger partial charge is 0.00785 e. The monoisotopic (exact) mass is 133 g/mol. The van der Waals surface area contributed by atoms with Gasteiger partial charge in [-0.15, -0.1) is 0 Å². The van der Waals surface area contributed by atoms with Gasteiger partial charge in [-0.3, -0.25) is 4.72 Å². The normalized spacial score (nSPS) is 9.75. The molecule has 0 aromatic rings. The van der Waals surface area contributed by atoms with Crippen molar-refractivity contribution in [2.24, 2.45) is 0 Å². The summed E-state index contributed by atoms with van der Waals surface area (Å²) in [5.74, 6) is 1.25. The number of rotatable bonds is 5. The summed E-state index contributed by atoms with van der Waals surface area (Å²) in [6.45, 7) is 5.42. The van der Waals surface area contributed by atoms with Crippen LogP contribution < -0.4 is 4.72 Å². The van der Waals surface area contributed by atoms with Crippen molar-refractivity contribution >= 4 is 11.9 Å². The van der Waals surface area contributed by atoms with Crippen LogP contribution in [0.3, 0.4) is 0 Å². The standard InChI is InChI=1S/C6H15NS/c1-3-5-6-8-7-4-2/h7H,3-6H2,1-2H3. The summed E-state index contributed by atoms with van der Waals surface area (Å²) in [4.78, 5) is 0. The Kier molecular flexibility index (Phi) is 7.59. The minimum absolute atomic E-state index is 1.08. The van der Waals surface area contributed by atoms with Crippen LogP contribution in [-0.4, -0.2) is 12.3 Å². The van der Waals surface area contributed by atoms with E-state index in [4.69, 9.17) is 0 Å². The molecule has 2 heteroatoms. The van der Waals surface area contributed by atoms with Crippen molar-refractivity contribution in [3.05, 3.63) is 0 Å². The Balaban J connectivity index is 2.53. The van der Waals surface area contributed by atoms with Crippen molar-refractivity contribution in [1.29, 1.82) is 0 Å². The number of unbranched alkanes of at least 4 members (excludes halogenated alkanes) is 1. The SMILES string of the molecule is CCCCSNCC. The minimum Gasteiger partial charge on any atom is -0.264 e. The molecule has 0 heterocycles. The molecule has 0 fully saturated rings. The van der Waals surface area contributed by atoms with E-state index in [0.29, 0.717) is 0 Å². The average molecular weight is 133 g/mol. The van der Waals surface area contributed by atoms with E-state index in [0.717, 1.165) is 6.54 Å². The molecule has 0 aromatic heterocycles. The van der Waals surface area contributed by atoms with Gasteiger partial charge in [-0.25, -0.2) is 0 Å². The number of hydrogen-bond donors (Lipinski definition) is 1. The third-order valence-electron chi connectivity index (χ3n) is 0.846. The van der Waals surface area contributed by atoms with Crippen LogP contribution in [0.4, 0.5) is 0 Å². The average Bonchev–Trinajstić information content (AvgIpc) is 1.81. The third kappa shape index (κ3) is 6.31. The Hall–Kier alpha value is 0.310. The van der Waals surface area contributed by atoms with Gasteiger partial charge in [0.15, 0.2) is 0 Å². The van der Waals surface area contributed by atoms with Gasteiger partial charge >= 0.3 is 0 Å². The summed E-state index contributed by atoms with van der Waals surface area (Å²) in [7, 11) is 0. The van der Waals surface area contributed by atoms with Crippen LogP contribution in [0.1, 0.15) is 26.7 Å². The second-order valence-corrected chi connectivity index (χ2v) is 2.69. The second-order valence-electron chi connectivity index (χ2n) is 1.70. The molecule has 0 bridgehead atoms. The first-order chi connectivity index (χ1) is 3.91. The lowest BCUT2D eigenvalue weighted by atomic mass is 10.4. The lowest BCUT2D eigenvalue weighted by molar-refractivity contribution is 0.890. The van der Waals surface area contributed by atoms with Gasteiger partial charge < -0.3 is 0 Å². The molecule has 0 amide bonds. The van der Waals surface area contributed by atoms with Crippen molar-refractivity contribution in [2.75, 3.05) is 12.3 Å². The molecule has 0 saturated carbocycles. The molecule has 0 saturated heterocycles. The highest BCUT2D eigenvalue weighted by Crippen LogP contribution is 1.97. The van der Waals surface area contributed by atoms with E-state index in [2.05, 4.69) is 18.6 Å². The zero-order valence-corrected chi connectivity index (χ0v) is 6.55. The molecule has 0 radical (unpaired) electrons. The summed E-state index contributed by atoms with van der Waals surface area (Å²) in [5.41, 5.74) is 0. The van der Waals surface area contributed by atoms with Crippen LogP contribution in [-0.2, 0) is 0 Å². The van der Waals surface area contributed by atoms with Crippen molar-refractivity contribution in [2.45, 2.75) is 26.7 Å². The van der Waals surface area contributed by atoms with Crippen molar-refractivity contribution in [1.82, 2.24) is 4.72 Å². The second kappa shape index (κ2) is 7.31. The maximum atomic E-state index is 3.20. The molecule has 50 valence electrons. The molecule has 0 rings (SSSR count). The highest BCUT2D eigenvalue weighted by Gasteiger charge is 1.81. The molecule has 0 spiro atoms. The first-order valence-electron chi connectivity index (χ1n) is 3.26. The van der Waals surface area contributed by atoms with Crippen LogP contribution in [0, 0.1) is 0 Å². The topological polar surface area (TPSA) is 12.0 Å². The highest BCUT2D eigenvalue weighted by atomic mass is 32.2. The van der Waals surface area contributed by atoms with Gasteiger partial charge in [0.1, 0.15) is 0 Å². The molecule has 0 aliphatic carbocycles. The molecular weight excluding hydrogens is 118 g/mol. The fourth-order valence-corrected chi connectivity index (χ4v) is 1.17. The predicted molar refractivity (Wildman–Crippen MR) is 41.0 cm³/mol. The Labute approximate surface area is 56.4 Å². The summed E-state index contributed by atoms with van der Waals surface area (Å²) < 4.78 is 3.20. The van der Waals surface area contributed by atoms with Crippen LogP contribution >= 0.6 is 11.9 Å². The van der Waals surface area contributed by atoms with Crippen molar-refractivity contribution in [3.8, 4) is 0 Å². The van der Waals surface area contributed by atoms with Gasteiger partial charge in [-0.05, 0) is 6.42 Å². The molecule has 1 nitrogen and oxygen atoms in total. The summed E-state index contributed by atoms with van der Waals surface area (Å²) in [5, 5.41) is 0. The first-order valence-corrected chi connectivity index (χ1v) is 4.25. The fourth-order valence-electron chi connectivity index (χ4n) is 0.391. The Morgan fingerprint density at radius 1 is 1.38 bits per heavy atom. The molecular formula is C6H15NS. The molecule has 0 aromatic carbocycles. The van der Waals surface area contributed by atoms with E-state index < -0.39 is 0 Å². The van der Waals surface area contributed by atoms with Gasteiger partial charge in [0.05, 0.1) is 0 Å². The lowest BCUT2D eigenvalue weighted by Gasteiger charge is -1.96. The summed E-state index contributed by atoms with van der Waals surface area (Å²) in [6, 6.07) is 0. The van der Waals surface area contributed by atoms with Crippen LogP contribution in [0.25, 0.3) is 0 Å². The van der Waals surface area contributed by atoms with Crippen molar-refractivity contribution in [3.63, 3.8) is 0 Å². The van der Waals surface area contributed by atoms with Crippen molar-refractivity contribution < 1.29 is 0 Å². The van der Waals surface area contributed by atoms with Crippen LogP contribution in [0.15, 0.2) is 0 Å². The van der Waals surface area contributed by atoms with E-state index in [-0.39, 0.29) is 0 Å². The lowest BCUT2D eigenvalue weighted by Crippen LogP contribution is -2.01. The zero-order chi connectivity index (χ0) is 6.24. The quantitative estimate of drug-likeness (QED) is 0.455. The maximum absolute atomic E-state index is 3.20. The molecule has 8 heavy (non-hydrogen) atoms. The number of nitrogens with one attached hydrogen (secondary N) is 1. The molecule has 0 aliphatic rings. The molecule has 1 N–H and O–H groups in total. The molecule has 0 aliphatic heterocycles. The van der Waals surface area contributed by atoms with Gasteiger partial charge in [-0.1, -0.05) is 32.2 Å². The predicted octanol–water partition coefficient (Wildman–Crippen LogP) is 2.04. The number of hydrogen-bond acceptors (Lipinski definition) is 2.